The molecule has 0 amide bonds. The van der Waals surface area contributed by atoms with Crippen molar-refractivity contribution in [3.8, 4) is 0 Å². The Morgan fingerprint density at radius 2 is 2.31 bits per heavy atom. The van der Waals surface area contributed by atoms with Crippen molar-refractivity contribution in [2.75, 3.05) is 5.73 Å². The van der Waals surface area contributed by atoms with Gasteiger partial charge in [0.15, 0.2) is 0 Å². The highest BCUT2D eigenvalue weighted by Gasteiger charge is 2.09. The van der Waals surface area contributed by atoms with E-state index in [0.717, 1.165) is 22.4 Å². The third-order valence-corrected chi connectivity index (χ3v) is 3.14. The van der Waals surface area contributed by atoms with Crippen LogP contribution in [0.5, 0.6) is 0 Å². The normalized spacial score (nSPS) is 10.9. The highest BCUT2D eigenvalue weighted by atomic mass is 32.1. The largest absolute Gasteiger partial charge is 0.397 e. The standard InChI is InChI=1S/C10H10FNS/c1-2-6-5-8(11)7-3-4-13-10(7)9(6)12/h3-5H,2,12H2,1H3. The monoisotopic (exact) mass is 195 g/mol. The van der Waals surface area contributed by atoms with E-state index in [2.05, 4.69) is 0 Å². The van der Waals surface area contributed by atoms with E-state index in [4.69, 9.17) is 5.73 Å². The number of thiophene rings is 1. The van der Waals surface area contributed by atoms with Crippen LogP contribution < -0.4 is 5.73 Å². The first kappa shape index (κ1) is 8.51. The van der Waals surface area contributed by atoms with Gasteiger partial charge in [0.1, 0.15) is 5.82 Å². The Bertz CT molecular complexity index is 447. The highest BCUT2D eigenvalue weighted by Crippen LogP contribution is 2.32. The van der Waals surface area contributed by atoms with Crippen LogP contribution in [0.2, 0.25) is 0 Å². The maximum atomic E-state index is 13.4. The van der Waals surface area contributed by atoms with Crippen LogP contribution in [0.25, 0.3) is 10.1 Å². The van der Waals surface area contributed by atoms with Gasteiger partial charge in [-0.2, -0.15) is 0 Å². The number of aryl methyl sites for hydroxylation is 1. The fourth-order valence-corrected chi connectivity index (χ4v) is 2.34. The predicted molar refractivity (Wildman–Crippen MR) is 55.6 cm³/mol. The molecule has 2 aromatic rings. The Kier molecular flexibility index (Phi) is 1.96. The molecule has 2 rings (SSSR count). The minimum atomic E-state index is -0.165. The molecule has 0 aliphatic heterocycles. The smallest absolute Gasteiger partial charge is 0.132 e. The van der Waals surface area contributed by atoms with E-state index in [1.807, 2.05) is 12.3 Å². The van der Waals surface area contributed by atoms with Crippen molar-refractivity contribution in [2.24, 2.45) is 0 Å². The zero-order chi connectivity index (χ0) is 9.42. The molecular weight excluding hydrogens is 185 g/mol. The molecule has 0 atom stereocenters. The third-order valence-electron chi connectivity index (χ3n) is 2.19. The van der Waals surface area contributed by atoms with Gasteiger partial charge in [-0.3, -0.25) is 0 Å². The lowest BCUT2D eigenvalue weighted by atomic mass is 10.1. The predicted octanol–water partition coefficient (Wildman–Crippen LogP) is 3.19. The number of rotatable bonds is 1. The second-order valence-corrected chi connectivity index (χ2v) is 3.86. The fraction of sp³-hybridized carbons (Fsp3) is 0.200. The van der Waals surface area contributed by atoms with Crippen LogP contribution in [0.4, 0.5) is 10.1 Å². The molecule has 13 heavy (non-hydrogen) atoms. The van der Waals surface area contributed by atoms with Crippen molar-refractivity contribution in [1.82, 2.24) is 0 Å². The van der Waals surface area contributed by atoms with Crippen LogP contribution in [0.1, 0.15) is 12.5 Å². The van der Waals surface area contributed by atoms with Gasteiger partial charge in [-0.25, -0.2) is 4.39 Å². The molecular formula is C10H10FNS. The van der Waals surface area contributed by atoms with Crippen molar-refractivity contribution in [1.29, 1.82) is 0 Å². The summed E-state index contributed by atoms with van der Waals surface area (Å²) in [6.45, 7) is 1.98. The van der Waals surface area contributed by atoms with E-state index < -0.39 is 0 Å². The van der Waals surface area contributed by atoms with Crippen LogP contribution >= 0.6 is 11.3 Å². The minimum Gasteiger partial charge on any atom is -0.397 e. The summed E-state index contributed by atoms with van der Waals surface area (Å²) in [6, 6.07) is 3.30. The molecule has 1 heterocycles. The fourth-order valence-electron chi connectivity index (χ4n) is 1.45. The number of hydrogen-bond donors (Lipinski definition) is 1. The first-order valence-electron chi connectivity index (χ1n) is 4.18. The van der Waals surface area contributed by atoms with E-state index >= 15 is 0 Å². The quantitative estimate of drug-likeness (QED) is 0.695. The lowest BCUT2D eigenvalue weighted by Crippen LogP contribution is -1.94. The Morgan fingerprint density at radius 3 is 3.00 bits per heavy atom. The summed E-state index contributed by atoms with van der Waals surface area (Å²) in [6.07, 6.45) is 0.774. The molecule has 3 heteroatoms. The van der Waals surface area contributed by atoms with Crippen LogP contribution in [-0.2, 0) is 6.42 Å². The van der Waals surface area contributed by atoms with Crippen LogP contribution in [0.15, 0.2) is 17.5 Å². The van der Waals surface area contributed by atoms with Gasteiger partial charge in [-0.05, 0) is 29.5 Å². The van der Waals surface area contributed by atoms with Gasteiger partial charge >= 0.3 is 0 Å². The molecule has 0 aliphatic rings. The lowest BCUT2D eigenvalue weighted by molar-refractivity contribution is 0.638. The Morgan fingerprint density at radius 1 is 1.54 bits per heavy atom. The number of hydrogen-bond acceptors (Lipinski definition) is 2. The van der Waals surface area contributed by atoms with Gasteiger partial charge in [0, 0.05) is 5.39 Å². The SMILES string of the molecule is CCc1cc(F)c2ccsc2c1N. The molecule has 1 aromatic heterocycles. The van der Waals surface area contributed by atoms with Gasteiger partial charge in [0.05, 0.1) is 10.4 Å². The zero-order valence-corrected chi connectivity index (χ0v) is 8.12. The summed E-state index contributed by atoms with van der Waals surface area (Å²) in [5.41, 5.74) is 7.51. The summed E-state index contributed by atoms with van der Waals surface area (Å²) < 4.78 is 14.3. The molecule has 0 unspecified atom stereocenters. The van der Waals surface area contributed by atoms with E-state index in [0.29, 0.717) is 5.39 Å². The average molecular weight is 195 g/mol. The molecule has 1 aromatic carbocycles. The van der Waals surface area contributed by atoms with Crippen molar-refractivity contribution >= 4 is 27.1 Å². The number of nitrogen functional groups attached to an aromatic ring is 1. The average Bonchev–Trinajstić information content (AvgIpc) is 2.60. The van der Waals surface area contributed by atoms with E-state index in [-0.39, 0.29) is 5.82 Å². The van der Waals surface area contributed by atoms with Gasteiger partial charge in [-0.1, -0.05) is 6.92 Å². The van der Waals surface area contributed by atoms with Crippen LogP contribution in [0.3, 0.4) is 0 Å². The lowest BCUT2D eigenvalue weighted by Gasteiger charge is -2.04. The third kappa shape index (κ3) is 1.20. The molecule has 2 N–H and O–H groups in total. The van der Waals surface area contributed by atoms with Crippen molar-refractivity contribution < 1.29 is 4.39 Å². The highest BCUT2D eigenvalue weighted by molar-refractivity contribution is 7.17. The molecule has 0 bridgehead atoms. The summed E-state index contributed by atoms with van der Waals surface area (Å²) >= 11 is 1.49. The van der Waals surface area contributed by atoms with Crippen molar-refractivity contribution in [3.05, 3.63) is 28.9 Å². The van der Waals surface area contributed by atoms with Gasteiger partial charge < -0.3 is 5.73 Å². The Labute approximate surface area is 80.0 Å². The molecule has 68 valence electrons. The van der Waals surface area contributed by atoms with Crippen molar-refractivity contribution in [3.63, 3.8) is 0 Å². The molecule has 0 fully saturated rings. The molecule has 0 radical (unpaired) electrons. The first-order chi connectivity index (χ1) is 6.24. The maximum Gasteiger partial charge on any atom is 0.132 e. The molecule has 0 saturated carbocycles. The second kappa shape index (κ2) is 3.00. The molecule has 0 spiro atoms. The number of halogens is 1. The maximum absolute atomic E-state index is 13.4. The minimum absolute atomic E-state index is 0.165. The summed E-state index contributed by atoms with van der Waals surface area (Å²) in [5.74, 6) is -0.165. The number of anilines is 1. The molecule has 0 saturated heterocycles. The Hall–Kier alpha value is -1.09. The van der Waals surface area contributed by atoms with E-state index in [9.17, 15) is 4.39 Å². The van der Waals surface area contributed by atoms with Crippen LogP contribution in [-0.4, -0.2) is 0 Å². The van der Waals surface area contributed by atoms with Crippen molar-refractivity contribution in [2.45, 2.75) is 13.3 Å². The first-order valence-corrected chi connectivity index (χ1v) is 5.06. The number of nitrogens with two attached hydrogens (primary N) is 1. The summed E-state index contributed by atoms with van der Waals surface area (Å²) in [4.78, 5) is 0. The zero-order valence-electron chi connectivity index (χ0n) is 7.30. The summed E-state index contributed by atoms with van der Waals surface area (Å²) in [7, 11) is 0. The van der Waals surface area contributed by atoms with E-state index in [1.165, 1.54) is 17.4 Å². The number of fused-ring (bicyclic) bond motifs is 1. The number of benzene rings is 1. The van der Waals surface area contributed by atoms with Gasteiger partial charge in [0.25, 0.3) is 0 Å². The van der Waals surface area contributed by atoms with E-state index in [1.54, 1.807) is 6.07 Å². The second-order valence-electron chi connectivity index (χ2n) is 2.95. The van der Waals surface area contributed by atoms with Crippen LogP contribution in [0, 0.1) is 5.82 Å². The molecule has 0 aliphatic carbocycles. The Balaban J connectivity index is 2.85. The van der Waals surface area contributed by atoms with Gasteiger partial charge in [0.2, 0.25) is 0 Å². The summed E-state index contributed by atoms with van der Waals surface area (Å²) in [5, 5.41) is 2.50. The molecule has 1 nitrogen and oxygen atoms in total. The van der Waals surface area contributed by atoms with Gasteiger partial charge in [-0.15, -0.1) is 11.3 Å². The topological polar surface area (TPSA) is 26.0 Å².